The van der Waals surface area contributed by atoms with Crippen molar-refractivity contribution in [2.75, 3.05) is 32.7 Å². The number of halogens is 1. The van der Waals surface area contributed by atoms with Crippen LogP contribution in [0.4, 0.5) is 5.69 Å². The molecule has 0 aliphatic heterocycles. The Bertz CT molecular complexity index is 479. The average molecular weight is 301 g/mol. The molecule has 0 bridgehead atoms. The fourth-order valence-electron chi connectivity index (χ4n) is 1.47. The van der Waals surface area contributed by atoms with E-state index < -0.39 is 5.91 Å². The predicted octanol–water partition coefficient (Wildman–Crippen LogP) is 1.44. The van der Waals surface area contributed by atoms with Crippen molar-refractivity contribution in [3.63, 3.8) is 0 Å². The summed E-state index contributed by atoms with van der Waals surface area (Å²) in [5.41, 5.74) is 0.426. The van der Waals surface area contributed by atoms with E-state index >= 15 is 0 Å². The Kier molecular flexibility index (Phi) is 6.83. The van der Waals surface area contributed by atoms with E-state index in [1.165, 1.54) is 14.2 Å². The molecule has 6 nitrogen and oxygen atoms in total. The Balaban J connectivity index is 2.53. The molecule has 0 spiro atoms. The molecule has 1 rings (SSSR count). The maximum absolute atomic E-state index is 11.7. The second-order valence-corrected chi connectivity index (χ2v) is 4.35. The molecule has 1 aromatic carbocycles. The summed E-state index contributed by atoms with van der Waals surface area (Å²) in [6.45, 7) is 0.762. The monoisotopic (exact) mass is 300 g/mol. The predicted molar refractivity (Wildman–Crippen MR) is 76.1 cm³/mol. The molecule has 110 valence electrons. The highest BCUT2D eigenvalue weighted by molar-refractivity contribution is 6.31. The number of nitrogens with one attached hydrogen (secondary N) is 2. The number of hydrogen-bond donors (Lipinski definition) is 2. The highest BCUT2D eigenvalue weighted by atomic mass is 35.5. The van der Waals surface area contributed by atoms with Gasteiger partial charge in [-0.05, 0) is 18.2 Å². The Morgan fingerprint density at radius 3 is 2.65 bits per heavy atom. The van der Waals surface area contributed by atoms with Crippen LogP contribution in [0.3, 0.4) is 0 Å². The summed E-state index contributed by atoms with van der Waals surface area (Å²) < 4.78 is 9.89. The average Bonchev–Trinajstić information content (AvgIpc) is 2.39. The maximum atomic E-state index is 11.7. The van der Waals surface area contributed by atoms with Gasteiger partial charge in [-0.3, -0.25) is 9.59 Å². The van der Waals surface area contributed by atoms with Crippen LogP contribution in [0.25, 0.3) is 0 Å². The minimum Gasteiger partial charge on any atom is -0.495 e. The van der Waals surface area contributed by atoms with Crippen LogP contribution in [0, 0.1) is 0 Å². The molecule has 20 heavy (non-hydrogen) atoms. The molecular weight excluding hydrogens is 284 g/mol. The third kappa shape index (κ3) is 5.46. The zero-order chi connectivity index (χ0) is 15.0. The molecule has 0 saturated heterocycles. The van der Waals surface area contributed by atoms with Crippen LogP contribution in [0.2, 0.25) is 5.02 Å². The Morgan fingerprint density at radius 1 is 1.25 bits per heavy atom. The van der Waals surface area contributed by atoms with Gasteiger partial charge in [-0.15, -0.1) is 0 Å². The molecule has 2 amide bonds. The van der Waals surface area contributed by atoms with Crippen LogP contribution in [0.15, 0.2) is 18.2 Å². The molecule has 2 N–H and O–H groups in total. The molecule has 0 aliphatic rings. The van der Waals surface area contributed by atoms with E-state index in [-0.39, 0.29) is 12.3 Å². The minimum absolute atomic E-state index is 0.278. The van der Waals surface area contributed by atoms with Crippen LogP contribution in [0.5, 0.6) is 5.75 Å². The first kappa shape index (κ1) is 16.3. The van der Waals surface area contributed by atoms with Gasteiger partial charge in [-0.1, -0.05) is 11.6 Å². The summed E-state index contributed by atoms with van der Waals surface area (Å²) in [5.74, 6) is -0.344. The molecular formula is C13H17ClN2O4. The van der Waals surface area contributed by atoms with Crippen LogP contribution >= 0.6 is 11.6 Å². The van der Waals surface area contributed by atoms with Gasteiger partial charge in [0, 0.05) is 18.7 Å². The van der Waals surface area contributed by atoms with Crippen molar-refractivity contribution in [2.45, 2.75) is 6.42 Å². The van der Waals surface area contributed by atoms with E-state index in [1.54, 1.807) is 18.2 Å². The number of benzene rings is 1. The lowest BCUT2D eigenvalue weighted by molar-refractivity contribution is -0.126. The third-order valence-corrected chi connectivity index (χ3v) is 2.62. The number of carbonyl (C=O) groups excluding carboxylic acids is 2. The first-order chi connectivity index (χ1) is 9.56. The lowest BCUT2D eigenvalue weighted by Crippen LogP contribution is -2.30. The van der Waals surface area contributed by atoms with Crippen molar-refractivity contribution in [3.05, 3.63) is 23.2 Å². The van der Waals surface area contributed by atoms with Crippen LogP contribution in [-0.4, -0.2) is 39.2 Å². The molecule has 0 unspecified atom stereocenters. The lowest BCUT2D eigenvalue weighted by atomic mass is 10.2. The third-order valence-electron chi connectivity index (χ3n) is 2.39. The quantitative estimate of drug-likeness (QED) is 0.590. The summed E-state index contributed by atoms with van der Waals surface area (Å²) in [4.78, 5) is 23.2. The highest BCUT2D eigenvalue weighted by Gasteiger charge is 2.12. The highest BCUT2D eigenvalue weighted by Crippen LogP contribution is 2.27. The number of ether oxygens (including phenoxy) is 2. The van der Waals surface area contributed by atoms with Crippen molar-refractivity contribution in [1.29, 1.82) is 0 Å². The second kappa shape index (κ2) is 8.39. The number of carbonyl (C=O) groups is 2. The topological polar surface area (TPSA) is 76.7 Å². The van der Waals surface area contributed by atoms with Crippen molar-refractivity contribution in [1.82, 2.24) is 5.32 Å². The zero-order valence-electron chi connectivity index (χ0n) is 11.4. The molecule has 7 heteroatoms. The SMILES string of the molecule is COCCNC(=O)CC(=O)Nc1cc(Cl)ccc1OC. The van der Waals surface area contributed by atoms with Crippen molar-refractivity contribution in [2.24, 2.45) is 0 Å². The Labute approximate surface area is 122 Å². The Morgan fingerprint density at radius 2 is 2.00 bits per heavy atom. The van der Waals surface area contributed by atoms with Gasteiger partial charge in [-0.2, -0.15) is 0 Å². The first-order valence-corrected chi connectivity index (χ1v) is 6.33. The molecule has 0 aromatic heterocycles. The summed E-state index contributed by atoms with van der Waals surface area (Å²) in [7, 11) is 3.01. The standard InChI is InChI=1S/C13H17ClN2O4/c1-19-6-5-15-12(17)8-13(18)16-10-7-9(14)3-4-11(10)20-2/h3-4,7H,5-6,8H2,1-2H3,(H,15,17)(H,16,18). The molecule has 1 aromatic rings. The van der Waals surface area contributed by atoms with Crippen molar-refractivity contribution < 1.29 is 19.1 Å². The molecule has 0 saturated carbocycles. The normalized spacial score (nSPS) is 9.95. The fourth-order valence-corrected chi connectivity index (χ4v) is 1.65. The van der Waals surface area contributed by atoms with Crippen LogP contribution in [-0.2, 0) is 14.3 Å². The minimum atomic E-state index is -0.444. The number of hydrogen-bond acceptors (Lipinski definition) is 4. The van der Waals surface area contributed by atoms with Gasteiger partial charge in [0.25, 0.3) is 0 Å². The van der Waals surface area contributed by atoms with E-state index in [0.717, 1.165) is 0 Å². The van der Waals surface area contributed by atoms with Gasteiger partial charge in [0.05, 0.1) is 19.4 Å². The van der Waals surface area contributed by atoms with E-state index in [1.807, 2.05) is 0 Å². The van der Waals surface area contributed by atoms with Gasteiger partial charge in [-0.25, -0.2) is 0 Å². The molecule has 0 atom stereocenters. The van der Waals surface area contributed by atoms with Crippen LogP contribution < -0.4 is 15.4 Å². The zero-order valence-corrected chi connectivity index (χ0v) is 12.1. The number of methoxy groups -OCH3 is 2. The van der Waals surface area contributed by atoms with E-state index in [9.17, 15) is 9.59 Å². The van der Waals surface area contributed by atoms with Gasteiger partial charge in [0.15, 0.2) is 0 Å². The lowest BCUT2D eigenvalue weighted by Gasteiger charge is -2.10. The fraction of sp³-hybridized carbons (Fsp3) is 0.385. The second-order valence-electron chi connectivity index (χ2n) is 3.91. The molecule has 0 heterocycles. The smallest absolute Gasteiger partial charge is 0.233 e. The van der Waals surface area contributed by atoms with E-state index in [0.29, 0.717) is 29.6 Å². The summed E-state index contributed by atoms with van der Waals surface area (Å²) >= 11 is 5.85. The van der Waals surface area contributed by atoms with E-state index in [4.69, 9.17) is 21.1 Å². The molecule has 0 aliphatic carbocycles. The Hall–Kier alpha value is -1.79. The maximum Gasteiger partial charge on any atom is 0.233 e. The van der Waals surface area contributed by atoms with Crippen molar-refractivity contribution in [3.8, 4) is 5.75 Å². The first-order valence-electron chi connectivity index (χ1n) is 5.96. The van der Waals surface area contributed by atoms with Crippen LogP contribution in [0.1, 0.15) is 6.42 Å². The summed E-state index contributed by atoms with van der Waals surface area (Å²) in [6.07, 6.45) is -0.278. The van der Waals surface area contributed by atoms with Gasteiger partial charge >= 0.3 is 0 Å². The molecule has 0 fully saturated rings. The van der Waals surface area contributed by atoms with Gasteiger partial charge < -0.3 is 20.1 Å². The summed E-state index contributed by atoms with van der Waals surface area (Å²) in [6, 6.07) is 4.84. The summed E-state index contributed by atoms with van der Waals surface area (Å²) in [5, 5.41) is 5.60. The van der Waals surface area contributed by atoms with Crippen molar-refractivity contribution >= 4 is 29.1 Å². The number of amides is 2. The van der Waals surface area contributed by atoms with Gasteiger partial charge in [0.2, 0.25) is 11.8 Å². The molecule has 0 radical (unpaired) electrons. The largest absolute Gasteiger partial charge is 0.495 e. The van der Waals surface area contributed by atoms with Gasteiger partial charge in [0.1, 0.15) is 12.2 Å². The number of anilines is 1. The van der Waals surface area contributed by atoms with E-state index in [2.05, 4.69) is 10.6 Å². The number of rotatable bonds is 7.